The van der Waals surface area contributed by atoms with Crippen LogP contribution in [0.2, 0.25) is 0 Å². The molecular weight excluding hydrogens is 951 g/mol. The van der Waals surface area contributed by atoms with Crippen LogP contribution in [0.3, 0.4) is 0 Å². The Labute approximate surface area is 429 Å². The molecule has 0 bridgehead atoms. The third kappa shape index (κ3) is 12.0. The highest BCUT2D eigenvalue weighted by Crippen LogP contribution is 2.39. The van der Waals surface area contributed by atoms with Crippen LogP contribution in [-0.4, -0.2) is 93.6 Å². The van der Waals surface area contributed by atoms with E-state index in [1.165, 1.54) is 4.90 Å². The Hall–Kier alpha value is -6.08. The third-order valence-electron chi connectivity index (χ3n) is 13.2. The van der Waals surface area contributed by atoms with Crippen molar-refractivity contribution >= 4 is 63.1 Å². The zero-order valence-electron chi connectivity index (χ0n) is 42.0. The molecule has 4 atom stereocenters. The minimum Gasteiger partial charge on any atom is -0.494 e. The first-order valence-corrected chi connectivity index (χ1v) is 26.1. The van der Waals surface area contributed by atoms with Crippen LogP contribution in [0, 0.1) is 26.2 Å². The number of benzene rings is 4. The Morgan fingerprint density at radius 3 is 2.36 bits per heavy atom. The number of aliphatic hydroxyl groups excluding tert-OH is 1. The molecule has 3 aromatic heterocycles. The van der Waals surface area contributed by atoms with Crippen LogP contribution >= 0.6 is 23.6 Å². The summed E-state index contributed by atoms with van der Waals surface area (Å²) >= 11 is 2.60. The Kier molecular flexibility index (Phi) is 16.8. The fourth-order valence-corrected chi connectivity index (χ4v) is 11.0. The lowest BCUT2D eigenvalue weighted by Crippen LogP contribution is -2.55. The number of thiazole rings is 1. The van der Waals surface area contributed by atoms with E-state index in [1.54, 1.807) is 11.3 Å². The number of nitrogens with zero attached hydrogens (tertiary/aromatic N) is 4. The van der Waals surface area contributed by atoms with Crippen molar-refractivity contribution in [2.45, 2.75) is 105 Å². The van der Waals surface area contributed by atoms with Crippen molar-refractivity contribution in [2.75, 3.05) is 33.0 Å². The summed E-state index contributed by atoms with van der Waals surface area (Å²) in [6.45, 7) is 16.1. The van der Waals surface area contributed by atoms with Crippen LogP contribution in [0.1, 0.15) is 98.1 Å². The Morgan fingerprint density at radius 1 is 0.917 bits per heavy atom. The van der Waals surface area contributed by atoms with Crippen molar-refractivity contribution < 1.29 is 37.7 Å². The SMILES string of the molecule is Cc1ncsc1-c1ccc([C@H](C)NC(=O)[C@@H]2C[C@@H](O)CN2C(=O)[C@@H](NSOCCCOCCCCOc2ccc3c(c2)c2c(C(N)=O)cc(-c4c(C)noc4C)cc2n3Cc2ccccc2)C(C)(C)C)cc1. The van der Waals surface area contributed by atoms with Gasteiger partial charge in [0.25, 0.3) is 0 Å². The summed E-state index contributed by atoms with van der Waals surface area (Å²) in [5, 5.41) is 19.5. The molecule has 0 radical (unpaired) electrons. The zero-order chi connectivity index (χ0) is 51.1. The highest BCUT2D eigenvalue weighted by Gasteiger charge is 2.44. The zero-order valence-corrected chi connectivity index (χ0v) is 43.7. The number of primary amides is 1. The van der Waals surface area contributed by atoms with Gasteiger partial charge in [-0.2, -0.15) is 0 Å². The van der Waals surface area contributed by atoms with Crippen LogP contribution in [0.15, 0.2) is 95.0 Å². The van der Waals surface area contributed by atoms with Gasteiger partial charge < -0.3 is 43.8 Å². The van der Waals surface area contributed by atoms with Crippen LogP contribution in [0.5, 0.6) is 5.75 Å². The Balaban J connectivity index is 0.782. The fourth-order valence-electron chi connectivity index (χ4n) is 9.37. The van der Waals surface area contributed by atoms with E-state index >= 15 is 0 Å². The molecule has 1 aliphatic heterocycles. The number of β-amino-alcohol motifs (C(OH)–C–C–N with tert-alkyl or cyclic N) is 1. The number of fused-ring (bicyclic) bond motifs is 3. The molecule has 4 heterocycles. The molecule has 4 aromatic carbocycles. The maximum Gasteiger partial charge on any atom is 0.249 e. The van der Waals surface area contributed by atoms with Gasteiger partial charge in [0.2, 0.25) is 17.7 Å². The molecule has 3 amide bonds. The van der Waals surface area contributed by atoms with Gasteiger partial charge in [0.05, 0.1) is 64.9 Å². The van der Waals surface area contributed by atoms with Gasteiger partial charge in [-0.15, -0.1) is 11.3 Å². The summed E-state index contributed by atoms with van der Waals surface area (Å²) in [5.41, 5.74) is 16.1. The molecule has 1 fully saturated rings. The van der Waals surface area contributed by atoms with E-state index in [0.29, 0.717) is 56.5 Å². The van der Waals surface area contributed by atoms with Gasteiger partial charge in [-0.05, 0) is 105 Å². The maximum absolute atomic E-state index is 14.1. The van der Waals surface area contributed by atoms with Crippen molar-refractivity contribution in [3.05, 3.63) is 124 Å². The topological polar surface area (TPSA) is 196 Å². The van der Waals surface area contributed by atoms with E-state index < -0.39 is 29.5 Å². The molecule has 0 spiro atoms. The molecule has 72 heavy (non-hydrogen) atoms. The third-order valence-corrected chi connectivity index (χ3v) is 14.7. The number of carbonyl (C=O) groups is 3. The van der Waals surface area contributed by atoms with Gasteiger partial charge in [-0.1, -0.05) is 80.5 Å². The number of rotatable bonds is 22. The van der Waals surface area contributed by atoms with E-state index in [2.05, 4.69) is 42.9 Å². The summed E-state index contributed by atoms with van der Waals surface area (Å²) in [4.78, 5) is 47.8. The normalized spacial score (nSPS) is 15.9. The Morgan fingerprint density at radius 2 is 1.67 bits per heavy atom. The number of aliphatic hydroxyl groups is 1. The van der Waals surface area contributed by atoms with Gasteiger partial charge in [-0.25, -0.2) is 9.71 Å². The van der Waals surface area contributed by atoms with Crippen molar-refractivity contribution in [3.63, 3.8) is 0 Å². The summed E-state index contributed by atoms with van der Waals surface area (Å²) in [6, 6.07) is 26.4. The van der Waals surface area contributed by atoms with Crippen LogP contribution in [-0.2, 0) is 25.1 Å². The Bertz CT molecular complexity index is 2980. The van der Waals surface area contributed by atoms with Gasteiger partial charge in [-0.3, -0.25) is 14.4 Å². The predicted octanol–water partition coefficient (Wildman–Crippen LogP) is 9.63. The van der Waals surface area contributed by atoms with Gasteiger partial charge in [0, 0.05) is 60.1 Å². The summed E-state index contributed by atoms with van der Waals surface area (Å²) in [7, 11) is 0. The minimum absolute atomic E-state index is 0.0706. The largest absolute Gasteiger partial charge is 0.494 e. The maximum atomic E-state index is 14.1. The van der Waals surface area contributed by atoms with E-state index in [-0.39, 0.29) is 30.8 Å². The number of amides is 3. The molecule has 15 nitrogen and oxygen atoms in total. The first-order valence-electron chi connectivity index (χ1n) is 24.5. The lowest BCUT2D eigenvalue weighted by molar-refractivity contribution is -0.141. The summed E-state index contributed by atoms with van der Waals surface area (Å²) < 4.78 is 28.9. The quantitative estimate of drug-likeness (QED) is 0.0286. The van der Waals surface area contributed by atoms with Gasteiger partial charge >= 0.3 is 0 Å². The van der Waals surface area contributed by atoms with Gasteiger partial charge in [0.15, 0.2) is 0 Å². The molecule has 0 aliphatic carbocycles. The number of unbranched alkanes of at least 4 members (excludes halogenated alkanes) is 1. The second kappa shape index (κ2) is 23.2. The highest BCUT2D eigenvalue weighted by atomic mass is 32.2. The van der Waals surface area contributed by atoms with E-state index in [9.17, 15) is 19.5 Å². The number of aryl methyl sites for hydroxylation is 3. The number of ether oxygens (including phenoxy) is 2. The average molecular weight is 1020 g/mol. The number of aromatic nitrogens is 3. The van der Waals surface area contributed by atoms with Crippen LogP contribution < -0.4 is 20.5 Å². The van der Waals surface area contributed by atoms with E-state index in [0.717, 1.165) is 91.0 Å². The monoisotopic (exact) mass is 1020 g/mol. The summed E-state index contributed by atoms with van der Waals surface area (Å²) in [6.07, 6.45) is 1.57. The number of hydrogen-bond acceptors (Lipinski definition) is 13. The fraction of sp³-hybridized carbons (Fsp3) is 0.400. The lowest BCUT2D eigenvalue weighted by atomic mass is 9.86. The highest BCUT2D eigenvalue weighted by molar-refractivity contribution is 7.92. The number of likely N-dealkylation sites (tertiary alicyclic amines) is 1. The standard InChI is InChI=1S/C55H65N7O8S2/c1-33(38-16-18-39(19-17-38)50-35(3)57-32-71-50)58-53(65)47-28-41(63)31-62(47)54(66)51(55(5,6)7)60-72-69-25-13-23-67-22-11-12-24-68-42-20-21-45-43(29-42)49-44(52(56)64)26-40(48-34(2)59-70-36(48)4)27-46(49)61(45)30-37-14-9-8-10-15-37/h8-10,14-21,26-27,29,32-33,41,47,51,60,63H,11-13,22-25,28,30-31H2,1-7H3,(H2,56,64)(H,58,65)/t33-,41+,47-,51+/m0/s1. The molecule has 17 heteroatoms. The van der Waals surface area contributed by atoms with Crippen molar-refractivity contribution in [1.29, 1.82) is 0 Å². The number of nitrogens with two attached hydrogens (primary N) is 1. The first-order chi connectivity index (χ1) is 34.6. The number of carbonyl (C=O) groups excluding carboxylic acids is 3. The minimum atomic E-state index is -0.810. The number of hydrogen-bond donors (Lipinski definition) is 4. The molecule has 8 rings (SSSR count). The summed E-state index contributed by atoms with van der Waals surface area (Å²) in [5.74, 6) is 0.264. The van der Waals surface area contributed by atoms with Crippen molar-refractivity contribution in [1.82, 2.24) is 29.6 Å². The van der Waals surface area contributed by atoms with Gasteiger partial charge in [0.1, 0.15) is 23.6 Å². The molecular formula is C55H65N7O8S2. The molecule has 0 unspecified atom stereocenters. The van der Waals surface area contributed by atoms with E-state index in [4.69, 9.17) is 23.9 Å². The molecule has 5 N–H and O–H groups in total. The van der Waals surface area contributed by atoms with Crippen molar-refractivity contribution in [2.24, 2.45) is 11.1 Å². The first kappa shape index (κ1) is 52.2. The molecule has 1 aliphatic rings. The second-order valence-corrected chi connectivity index (χ2v) is 21.1. The van der Waals surface area contributed by atoms with Crippen LogP contribution in [0.4, 0.5) is 0 Å². The predicted molar refractivity (Wildman–Crippen MR) is 284 cm³/mol. The molecule has 380 valence electrons. The molecule has 1 saturated heterocycles. The smallest absolute Gasteiger partial charge is 0.249 e. The average Bonchev–Trinajstić information content (AvgIpc) is 4.13. The molecule has 7 aromatic rings. The number of nitrogens with one attached hydrogen (secondary N) is 2. The lowest BCUT2D eigenvalue weighted by Gasteiger charge is -2.35. The second-order valence-electron chi connectivity index (χ2n) is 19.6. The van der Waals surface area contributed by atoms with Crippen molar-refractivity contribution in [3.8, 4) is 27.3 Å². The van der Waals surface area contributed by atoms with Crippen LogP contribution in [0.25, 0.3) is 43.4 Å². The molecule has 0 saturated carbocycles. The van der Waals surface area contributed by atoms with E-state index in [1.807, 2.05) is 121 Å².